The first-order valence-electron chi connectivity index (χ1n) is 9.46. The van der Waals surface area contributed by atoms with Gasteiger partial charge in [-0.2, -0.15) is 4.68 Å². The van der Waals surface area contributed by atoms with Gasteiger partial charge in [0.15, 0.2) is 11.8 Å². The van der Waals surface area contributed by atoms with E-state index in [-0.39, 0.29) is 17.5 Å². The van der Waals surface area contributed by atoms with Crippen molar-refractivity contribution in [2.45, 2.75) is 10.9 Å². The summed E-state index contributed by atoms with van der Waals surface area (Å²) in [6.45, 7) is -0.313. The number of thiophene rings is 1. The topological polar surface area (TPSA) is 116 Å². The lowest BCUT2D eigenvalue weighted by atomic mass is 10.2. The van der Waals surface area contributed by atoms with Crippen molar-refractivity contribution in [1.82, 2.24) is 9.66 Å². The number of nitrogens with zero attached hydrogens (tertiary/aromatic N) is 3. The van der Waals surface area contributed by atoms with E-state index >= 15 is 0 Å². The number of carbonyl (C=O) groups is 1. The van der Waals surface area contributed by atoms with E-state index < -0.39 is 16.4 Å². The monoisotopic (exact) mass is 546 g/mol. The van der Waals surface area contributed by atoms with Gasteiger partial charge in [-0.15, -0.1) is 11.3 Å². The first-order valence-corrected chi connectivity index (χ1v) is 12.1. The van der Waals surface area contributed by atoms with Crippen LogP contribution in [0.5, 0.6) is 5.75 Å². The smallest absolute Gasteiger partial charge is 0.291 e. The lowest BCUT2D eigenvalue weighted by molar-refractivity contribution is -0.384. The molecule has 0 fully saturated rings. The van der Waals surface area contributed by atoms with Crippen LogP contribution in [0.25, 0.3) is 10.2 Å². The number of rotatable bonds is 8. The number of nitro groups is 1. The molecule has 0 aliphatic rings. The molecular weight excluding hydrogens is 532 g/mol. The number of amides is 1. The molecule has 0 radical (unpaired) electrons. The number of aromatic nitrogens is 2. The number of carbonyl (C=O) groups excluding carboxylic acids is 1. The Labute approximate surface area is 203 Å². The highest BCUT2D eigenvalue weighted by Crippen LogP contribution is 2.26. The van der Waals surface area contributed by atoms with Crippen LogP contribution in [0.15, 0.2) is 74.4 Å². The number of benzene rings is 2. The normalized spacial score (nSPS) is 10.8. The van der Waals surface area contributed by atoms with Gasteiger partial charge in [0.1, 0.15) is 10.4 Å². The molecule has 2 aromatic carbocycles. The first kappa shape index (κ1) is 23.0. The van der Waals surface area contributed by atoms with Crippen molar-refractivity contribution >= 4 is 60.8 Å². The molecule has 4 aromatic rings. The van der Waals surface area contributed by atoms with E-state index in [1.54, 1.807) is 41.8 Å². The molecule has 0 unspecified atom stereocenters. The minimum absolute atomic E-state index is 0.0238. The fraction of sp³-hybridized carbons (Fsp3) is 0.0952. The fourth-order valence-corrected chi connectivity index (χ4v) is 4.91. The predicted octanol–water partition coefficient (Wildman–Crippen LogP) is 4.57. The number of nitro benzene ring substituents is 1. The van der Waals surface area contributed by atoms with Crippen molar-refractivity contribution < 1.29 is 14.5 Å². The molecule has 4 rings (SSSR count). The standard InChI is InChI=1S/C21H15BrN4O5S2/c22-15-6-1-2-7-17(15)31-11-18(27)24-25-20(28)19-16(8-9-32-19)23-21(25)33-12-13-4-3-5-14(10-13)26(29)30/h1-10H,11-12H2,(H,24,27). The number of hydrogen-bond acceptors (Lipinski definition) is 8. The molecule has 0 aliphatic heterocycles. The van der Waals surface area contributed by atoms with Gasteiger partial charge in [-0.05, 0) is 45.1 Å². The maximum Gasteiger partial charge on any atom is 0.291 e. The quantitative estimate of drug-likeness (QED) is 0.149. The van der Waals surface area contributed by atoms with E-state index in [4.69, 9.17) is 4.74 Å². The van der Waals surface area contributed by atoms with Crippen LogP contribution in [-0.4, -0.2) is 27.1 Å². The molecule has 0 bridgehead atoms. The van der Waals surface area contributed by atoms with Crippen LogP contribution < -0.4 is 15.7 Å². The van der Waals surface area contributed by atoms with Crippen LogP contribution in [0, 0.1) is 10.1 Å². The molecule has 2 heterocycles. The van der Waals surface area contributed by atoms with E-state index in [1.165, 1.54) is 35.2 Å². The molecule has 1 amide bonds. The van der Waals surface area contributed by atoms with Crippen LogP contribution in [0.3, 0.4) is 0 Å². The molecule has 0 saturated heterocycles. The lowest BCUT2D eigenvalue weighted by Crippen LogP contribution is -2.37. The van der Waals surface area contributed by atoms with Gasteiger partial charge in [-0.1, -0.05) is 36.0 Å². The third kappa shape index (κ3) is 5.41. The summed E-state index contributed by atoms with van der Waals surface area (Å²) in [5.41, 5.74) is 3.32. The Kier molecular flexibility index (Phi) is 7.06. The fourth-order valence-electron chi connectivity index (χ4n) is 2.86. The van der Waals surface area contributed by atoms with Crippen molar-refractivity contribution in [2.24, 2.45) is 0 Å². The number of thioether (sulfide) groups is 1. The highest BCUT2D eigenvalue weighted by molar-refractivity contribution is 9.10. The Morgan fingerprint density at radius 1 is 1.24 bits per heavy atom. The second-order valence-corrected chi connectivity index (χ2v) is 9.35. The third-order valence-electron chi connectivity index (χ3n) is 4.37. The van der Waals surface area contributed by atoms with Gasteiger partial charge in [-0.3, -0.25) is 25.1 Å². The number of ether oxygens (including phenoxy) is 1. The number of non-ortho nitro benzene ring substituents is 1. The van der Waals surface area contributed by atoms with Crippen molar-refractivity contribution in [2.75, 3.05) is 12.0 Å². The summed E-state index contributed by atoms with van der Waals surface area (Å²) in [4.78, 5) is 40.6. The molecule has 0 saturated carbocycles. The maximum absolute atomic E-state index is 13.0. The van der Waals surface area contributed by atoms with Crippen LogP contribution in [0.4, 0.5) is 5.69 Å². The average Bonchev–Trinajstić information content (AvgIpc) is 3.28. The molecule has 1 N–H and O–H groups in total. The molecule has 9 nitrogen and oxygen atoms in total. The Hall–Kier alpha value is -3.22. The van der Waals surface area contributed by atoms with Gasteiger partial charge < -0.3 is 4.74 Å². The summed E-state index contributed by atoms with van der Waals surface area (Å²) < 4.78 is 7.72. The van der Waals surface area contributed by atoms with E-state index in [0.717, 1.165) is 4.68 Å². The van der Waals surface area contributed by atoms with Crippen LogP contribution in [-0.2, 0) is 10.5 Å². The van der Waals surface area contributed by atoms with E-state index in [0.29, 0.717) is 31.8 Å². The second kappa shape index (κ2) is 10.1. The van der Waals surface area contributed by atoms with Gasteiger partial charge in [0.25, 0.3) is 17.2 Å². The predicted molar refractivity (Wildman–Crippen MR) is 131 cm³/mol. The van der Waals surface area contributed by atoms with Gasteiger partial charge in [-0.25, -0.2) is 4.98 Å². The van der Waals surface area contributed by atoms with Crippen molar-refractivity contribution in [1.29, 1.82) is 0 Å². The maximum atomic E-state index is 13.0. The lowest BCUT2D eigenvalue weighted by Gasteiger charge is -2.14. The van der Waals surface area contributed by atoms with Gasteiger partial charge >= 0.3 is 0 Å². The van der Waals surface area contributed by atoms with E-state index in [2.05, 4.69) is 26.3 Å². The summed E-state index contributed by atoms with van der Waals surface area (Å²) >= 11 is 5.76. The molecule has 0 atom stereocenters. The van der Waals surface area contributed by atoms with Gasteiger partial charge in [0.05, 0.1) is 14.9 Å². The third-order valence-corrected chi connectivity index (χ3v) is 6.93. The second-order valence-electron chi connectivity index (χ2n) is 6.64. The zero-order chi connectivity index (χ0) is 23.4. The molecule has 12 heteroatoms. The van der Waals surface area contributed by atoms with Gasteiger partial charge in [0, 0.05) is 17.9 Å². The number of hydrogen-bond donors (Lipinski definition) is 1. The van der Waals surface area contributed by atoms with Crippen molar-refractivity contribution in [3.05, 3.63) is 90.5 Å². The largest absolute Gasteiger partial charge is 0.483 e. The zero-order valence-electron chi connectivity index (χ0n) is 16.8. The van der Waals surface area contributed by atoms with Crippen LogP contribution >= 0.6 is 39.0 Å². The summed E-state index contributed by atoms with van der Waals surface area (Å²) in [5.74, 6) is 0.266. The Bertz CT molecular complexity index is 1400. The molecule has 33 heavy (non-hydrogen) atoms. The summed E-state index contributed by atoms with van der Waals surface area (Å²) in [5, 5.41) is 13.0. The summed E-state index contributed by atoms with van der Waals surface area (Å²) in [7, 11) is 0. The number of halogens is 1. The Balaban J connectivity index is 1.55. The van der Waals surface area contributed by atoms with Crippen molar-refractivity contribution in [3.8, 4) is 5.75 Å². The van der Waals surface area contributed by atoms with E-state index in [1.807, 2.05) is 6.07 Å². The molecule has 0 spiro atoms. The molecular formula is C21H15BrN4O5S2. The highest BCUT2D eigenvalue weighted by atomic mass is 79.9. The van der Waals surface area contributed by atoms with Crippen LogP contribution in [0.1, 0.15) is 5.56 Å². The minimum atomic E-state index is -0.539. The zero-order valence-corrected chi connectivity index (χ0v) is 20.0. The number of nitrogens with one attached hydrogen (secondary N) is 1. The molecule has 0 aliphatic carbocycles. The molecule has 2 aromatic heterocycles. The number of para-hydroxylation sites is 1. The summed E-state index contributed by atoms with van der Waals surface area (Å²) in [6, 6.07) is 15.0. The number of fused-ring (bicyclic) bond motifs is 1. The van der Waals surface area contributed by atoms with Crippen molar-refractivity contribution in [3.63, 3.8) is 0 Å². The average molecular weight is 547 g/mol. The highest BCUT2D eigenvalue weighted by Gasteiger charge is 2.16. The van der Waals surface area contributed by atoms with Gasteiger partial charge in [0.2, 0.25) is 0 Å². The Morgan fingerprint density at radius 2 is 2.06 bits per heavy atom. The summed E-state index contributed by atoms with van der Waals surface area (Å²) in [6.07, 6.45) is 0. The first-order chi connectivity index (χ1) is 15.9. The minimum Gasteiger partial charge on any atom is -0.483 e. The van der Waals surface area contributed by atoms with Crippen LogP contribution in [0.2, 0.25) is 0 Å². The SMILES string of the molecule is O=C(COc1ccccc1Br)Nn1c(SCc2cccc([N+](=O)[O-])c2)nc2ccsc2c1=O. The Morgan fingerprint density at radius 3 is 2.85 bits per heavy atom. The molecule has 168 valence electrons. The van der Waals surface area contributed by atoms with E-state index in [9.17, 15) is 19.7 Å².